The van der Waals surface area contributed by atoms with E-state index in [4.69, 9.17) is 0 Å². The molecule has 1 fully saturated rings. The minimum Gasteiger partial charge on any atom is -0.366 e. The molecule has 3 nitrogen and oxygen atoms in total. The van der Waals surface area contributed by atoms with Crippen LogP contribution in [0.25, 0.3) is 0 Å². The van der Waals surface area contributed by atoms with Gasteiger partial charge in [-0.2, -0.15) is 0 Å². The van der Waals surface area contributed by atoms with Crippen molar-refractivity contribution < 1.29 is 4.39 Å². The molecule has 2 rings (SSSR count). The van der Waals surface area contributed by atoms with E-state index in [9.17, 15) is 4.39 Å². The van der Waals surface area contributed by atoms with Gasteiger partial charge in [-0.15, -0.1) is 0 Å². The van der Waals surface area contributed by atoms with Crippen molar-refractivity contribution in [3.63, 3.8) is 0 Å². The Bertz CT molecular complexity index is 400. The largest absolute Gasteiger partial charge is 0.366 e. The maximum atomic E-state index is 14.1. The molecular weight excluding hydrogens is 241 g/mol. The Morgan fingerprint density at radius 2 is 2.00 bits per heavy atom. The number of piperazine rings is 1. The van der Waals surface area contributed by atoms with Gasteiger partial charge in [0.25, 0.3) is 0 Å². The highest BCUT2D eigenvalue weighted by Crippen LogP contribution is 2.26. The van der Waals surface area contributed by atoms with Gasteiger partial charge in [0.15, 0.2) is 0 Å². The minimum atomic E-state index is -0.0794. The molecule has 19 heavy (non-hydrogen) atoms. The number of halogens is 1. The van der Waals surface area contributed by atoms with Crippen molar-refractivity contribution in [2.75, 3.05) is 51.7 Å². The molecule has 0 saturated carbocycles. The molecule has 0 bridgehead atoms. The second kappa shape index (κ2) is 6.87. The van der Waals surface area contributed by atoms with E-state index in [0.29, 0.717) is 0 Å². The Morgan fingerprint density at radius 3 is 2.68 bits per heavy atom. The Hall–Kier alpha value is -1.13. The van der Waals surface area contributed by atoms with Crippen LogP contribution in [-0.4, -0.2) is 51.7 Å². The topological polar surface area (TPSA) is 18.5 Å². The lowest BCUT2D eigenvalue weighted by Gasteiger charge is -2.31. The zero-order chi connectivity index (χ0) is 13.7. The van der Waals surface area contributed by atoms with Gasteiger partial charge in [0.1, 0.15) is 5.82 Å². The number of hydrogen-bond donors (Lipinski definition) is 1. The third-order valence-corrected chi connectivity index (χ3v) is 3.56. The molecule has 1 heterocycles. The number of rotatable bonds is 5. The fraction of sp³-hybridized carbons (Fsp3) is 0.600. The summed E-state index contributed by atoms with van der Waals surface area (Å²) in [5.74, 6) is -0.0794. The first kappa shape index (κ1) is 14.3. The number of nitrogens with one attached hydrogen (secondary N) is 1. The van der Waals surface area contributed by atoms with Crippen LogP contribution in [-0.2, 0) is 6.42 Å². The first-order chi connectivity index (χ1) is 9.18. The Labute approximate surface area is 115 Å². The quantitative estimate of drug-likeness (QED) is 0.875. The van der Waals surface area contributed by atoms with Crippen LogP contribution in [0.15, 0.2) is 18.2 Å². The molecule has 0 aromatic heterocycles. The van der Waals surface area contributed by atoms with Crippen LogP contribution in [0.1, 0.15) is 12.0 Å². The van der Waals surface area contributed by atoms with Gasteiger partial charge in [-0.1, -0.05) is 12.1 Å². The monoisotopic (exact) mass is 265 g/mol. The third kappa shape index (κ3) is 3.91. The summed E-state index contributed by atoms with van der Waals surface area (Å²) in [5.41, 5.74) is 1.96. The summed E-state index contributed by atoms with van der Waals surface area (Å²) in [6.45, 7) is 4.69. The van der Waals surface area contributed by atoms with Crippen LogP contribution >= 0.6 is 0 Å². The Kier molecular flexibility index (Phi) is 5.16. The molecule has 0 unspecified atom stereocenters. The van der Waals surface area contributed by atoms with Crippen LogP contribution in [0.2, 0.25) is 0 Å². The minimum absolute atomic E-state index is 0.0794. The first-order valence-corrected chi connectivity index (χ1v) is 7.06. The maximum Gasteiger partial charge on any atom is 0.146 e. The van der Waals surface area contributed by atoms with E-state index in [1.54, 1.807) is 6.07 Å². The molecular formula is C15H24FN3. The lowest BCUT2D eigenvalue weighted by Crippen LogP contribution is -2.44. The molecule has 1 saturated heterocycles. The summed E-state index contributed by atoms with van der Waals surface area (Å²) >= 11 is 0. The molecule has 0 amide bonds. The highest BCUT2D eigenvalue weighted by atomic mass is 19.1. The number of hydrogen-bond acceptors (Lipinski definition) is 3. The fourth-order valence-electron chi connectivity index (χ4n) is 2.59. The molecule has 1 aliphatic heterocycles. The van der Waals surface area contributed by atoms with Gasteiger partial charge in [-0.25, -0.2) is 4.39 Å². The van der Waals surface area contributed by atoms with Crippen molar-refractivity contribution in [1.29, 1.82) is 0 Å². The van der Waals surface area contributed by atoms with Crippen LogP contribution in [0.4, 0.5) is 10.1 Å². The van der Waals surface area contributed by atoms with E-state index in [2.05, 4.69) is 35.3 Å². The van der Waals surface area contributed by atoms with E-state index in [1.165, 1.54) is 0 Å². The fourth-order valence-corrected chi connectivity index (χ4v) is 2.59. The molecule has 1 aliphatic rings. The van der Waals surface area contributed by atoms with Crippen molar-refractivity contribution in [2.24, 2.45) is 0 Å². The number of aryl methyl sites for hydroxylation is 1. The van der Waals surface area contributed by atoms with E-state index in [-0.39, 0.29) is 5.82 Å². The maximum absolute atomic E-state index is 14.1. The Morgan fingerprint density at radius 1 is 1.26 bits per heavy atom. The second-order valence-electron chi connectivity index (χ2n) is 5.39. The van der Waals surface area contributed by atoms with Crippen molar-refractivity contribution >= 4 is 5.69 Å². The van der Waals surface area contributed by atoms with Crippen LogP contribution < -0.4 is 10.2 Å². The lowest BCUT2D eigenvalue weighted by molar-refractivity contribution is 0.400. The predicted molar refractivity (Wildman–Crippen MR) is 78.4 cm³/mol. The summed E-state index contributed by atoms with van der Waals surface area (Å²) in [7, 11) is 4.14. The van der Waals surface area contributed by atoms with E-state index in [0.717, 1.165) is 56.8 Å². The Balaban J connectivity index is 2.10. The van der Waals surface area contributed by atoms with Crippen molar-refractivity contribution in [3.8, 4) is 0 Å². The average molecular weight is 265 g/mol. The normalized spacial score (nSPS) is 16.1. The molecule has 0 atom stereocenters. The van der Waals surface area contributed by atoms with E-state index >= 15 is 0 Å². The predicted octanol–water partition coefficient (Wildman–Crippen LogP) is 1.73. The van der Waals surface area contributed by atoms with Crippen molar-refractivity contribution in [3.05, 3.63) is 29.6 Å². The molecule has 1 N–H and O–H groups in total. The molecule has 0 aliphatic carbocycles. The van der Waals surface area contributed by atoms with Gasteiger partial charge in [0.05, 0.1) is 5.69 Å². The summed E-state index contributed by atoms with van der Waals surface area (Å²) < 4.78 is 14.1. The van der Waals surface area contributed by atoms with Crippen LogP contribution in [0, 0.1) is 5.82 Å². The second-order valence-corrected chi connectivity index (χ2v) is 5.39. The average Bonchev–Trinajstić information content (AvgIpc) is 2.39. The molecule has 1 aromatic carbocycles. The molecule has 0 radical (unpaired) electrons. The molecule has 1 aromatic rings. The number of nitrogens with zero attached hydrogens (tertiary/aromatic N) is 2. The zero-order valence-electron chi connectivity index (χ0n) is 12.0. The van der Waals surface area contributed by atoms with E-state index in [1.807, 2.05) is 6.07 Å². The highest BCUT2D eigenvalue weighted by Gasteiger charge is 2.17. The smallest absolute Gasteiger partial charge is 0.146 e. The number of para-hydroxylation sites is 1. The number of anilines is 1. The molecule has 106 valence electrons. The van der Waals surface area contributed by atoms with Crippen LogP contribution in [0.3, 0.4) is 0 Å². The molecule has 0 spiro atoms. The first-order valence-electron chi connectivity index (χ1n) is 7.06. The summed E-state index contributed by atoms with van der Waals surface area (Å²) in [4.78, 5) is 4.35. The SMILES string of the molecule is CN(C)CCCc1cccc(F)c1N1CCNCC1. The summed E-state index contributed by atoms with van der Waals surface area (Å²) in [5, 5.41) is 3.31. The third-order valence-electron chi connectivity index (χ3n) is 3.56. The van der Waals surface area contributed by atoms with Gasteiger partial charge < -0.3 is 15.1 Å². The highest BCUT2D eigenvalue weighted by molar-refractivity contribution is 5.55. The van der Waals surface area contributed by atoms with Gasteiger partial charge in [-0.3, -0.25) is 0 Å². The zero-order valence-corrected chi connectivity index (χ0v) is 12.0. The summed E-state index contributed by atoms with van der Waals surface area (Å²) in [6, 6.07) is 5.47. The van der Waals surface area contributed by atoms with Crippen molar-refractivity contribution in [1.82, 2.24) is 10.2 Å². The van der Waals surface area contributed by atoms with Gasteiger partial charge in [-0.05, 0) is 45.1 Å². The lowest BCUT2D eigenvalue weighted by atomic mass is 10.1. The standard InChI is InChI=1S/C15H24FN3/c1-18(2)10-4-6-13-5-3-7-14(16)15(13)19-11-8-17-9-12-19/h3,5,7,17H,4,6,8-12H2,1-2H3. The van der Waals surface area contributed by atoms with Gasteiger partial charge >= 0.3 is 0 Å². The van der Waals surface area contributed by atoms with Crippen molar-refractivity contribution in [2.45, 2.75) is 12.8 Å². The van der Waals surface area contributed by atoms with E-state index < -0.39 is 0 Å². The number of benzene rings is 1. The van der Waals surface area contributed by atoms with Crippen LogP contribution in [0.5, 0.6) is 0 Å². The molecule has 4 heteroatoms. The summed E-state index contributed by atoms with van der Waals surface area (Å²) in [6.07, 6.45) is 2.00. The van der Waals surface area contributed by atoms with Gasteiger partial charge in [0.2, 0.25) is 0 Å². The van der Waals surface area contributed by atoms with Gasteiger partial charge in [0, 0.05) is 26.2 Å².